The smallest absolute Gasteiger partial charge is 0.237 e. The molecule has 1 aliphatic heterocycles. The van der Waals surface area contributed by atoms with Gasteiger partial charge in [-0.2, -0.15) is 0 Å². The first kappa shape index (κ1) is 13.4. The van der Waals surface area contributed by atoms with Crippen LogP contribution in [0.1, 0.15) is 5.56 Å². The third-order valence-corrected chi connectivity index (χ3v) is 3.97. The Morgan fingerprint density at radius 1 is 1.39 bits per heavy atom. The van der Waals surface area contributed by atoms with Crippen LogP contribution in [0, 0.1) is 0 Å². The number of hydrogen-bond acceptors (Lipinski definition) is 5. The third-order valence-electron chi connectivity index (χ3n) is 2.93. The normalized spacial score (nSPS) is 15.1. The molecule has 0 unspecified atom stereocenters. The predicted molar refractivity (Wildman–Crippen MR) is 70.5 cm³/mol. The van der Waals surface area contributed by atoms with Crippen molar-refractivity contribution in [2.45, 2.75) is 17.5 Å². The predicted octanol–water partition coefficient (Wildman–Crippen LogP) is -0.0628. The first-order valence-corrected chi connectivity index (χ1v) is 6.69. The van der Waals surface area contributed by atoms with E-state index in [2.05, 4.69) is 0 Å². The molecular formula is C12H16N2O3S. The van der Waals surface area contributed by atoms with Gasteiger partial charge in [0, 0.05) is 11.4 Å². The lowest BCUT2D eigenvalue weighted by atomic mass is 10.1. The number of fused-ring (bicyclic) bond motifs is 1. The zero-order valence-corrected chi connectivity index (χ0v) is 10.7. The summed E-state index contributed by atoms with van der Waals surface area (Å²) in [7, 11) is 0. The molecule has 1 heterocycles. The lowest BCUT2D eigenvalue weighted by Crippen LogP contribution is -2.47. The Morgan fingerprint density at radius 2 is 2.11 bits per heavy atom. The Bertz CT molecular complexity index is 449. The quantitative estimate of drug-likeness (QED) is 0.712. The molecule has 0 aliphatic carbocycles. The maximum atomic E-state index is 12.0. The number of amides is 1. The number of nitrogens with zero attached hydrogens (tertiary/aromatic N) is 1. The Morgan fingerprint density at radius 3 is 2.72 bits per heavy atom. The first-order valence-electron chi connectivity index (χ1n) is 5.70. The molecule has 1 amide bonds. The van der Waals surface area contributed by atoms with Crippen molar-refractivity contribution in [2.24, 2.45) is 5.73 Å². The van der Waals surface area contributed by atoms with Crippen LogP contribution in [0.5, 0.6) is 0 Å². The molecule has 18 heavy (non-hydrogen) atoms. The van der Waals surface area contributed by atoms with Crippen molar-refractivity contribution in [3.8, 4) is 0 Å². The van der Waals surface area contributed by atoms with Crippen molar-refractivity contribution in [3.05, 3.63) is 23.8 Å². The number of benzene rings is 1. The maximum absolute atomic E-state index is 12.0. The van der Waals surface area contributed by atoms with Gasteiger partial charge in [0.15, 0.2) is 0 Å². The average molecular weight is 268 g/mol. The molecular weight excluding hydrogens is 252 g/mol. The van der Waals surface area contributed by atoms with Gasteiger partial charge in [-0.1, -0.05) is 6.07 Å². The fourth-order valence-electron chi connectivity index (χ4n) is 1.96. The van der Waals surface area contributed by atoms with Crippen LogP contribution in [0.25, 0.3) is 0 Å². The molecule has 1 aromatic carbocycles. The van der Waals surface area contributed by atoms with Crippen molar-refractivity contribution in [1.82, 2.24) is 0 Å². The number of thioether (sulfide) groups is 1. The molecule has 0 aromatic heterocycles. The molecule has 0 fully saturated rings. The molecule has 1 aliphatic rings. The monoisotopic (exact) mass is 268 g/mol. The minimum atomic E-state index is -0.592. The molecule has 0 radical (unpaired) electrons. The Hall–Kier alpha value is -1.08. The van der Waals surface area contributed by atoms with Gasteiger partial charge in [0.25, 0.3) is 0 Å². The number of aliphatic hydroxyl groups excluding tert-OH is 2. The minimum Gasteiger partial charge on any atom is -0.394 e. The maximum Gasteiger partial charge on any atom is 0.237 e. The van der Waals surface area contributed by atoms with E-state index >= 15 is 0 Å². The molecule has 0 saturated heterocycles. The Labute approximate surface area is 110 Å². The van der Waals surface area contributed by atoms with E-state index in [1.54, 1.807) is 0 Å². The second kappa shape index (κ2) is 5.71. The minimum absolute atomic E-state index is 0.102. The lowest BCUT2D eigenvalue weighted by molar-refractivity contribution is -0.117. The summed E-state index contributed by atoms with van der Waals surface area (Å²) in [5.41, 5.74) is 7.24. The van der Waals surface area contributed by atoms with Crippen LogP contribution in [0.3, 0.4) is 0 Å². The standard InChI is InChI=1S/C12H16N2O3S/c13-4-8-1-2-11-10(3-8)14(9(5-15)6-16)12(17)7-18-11/h1-3,9,15-16H,4-7,13H2. The van der Waals surface area contributed by atoms with Crippen LogP contribution in [0.4, 0.5) is 5.69 Å². The topological polar surface area (TPSA) is 86.8 Å². The molecule has 1 aromatic rings. The largest absolute Gasteiger partial charge is 0.394 e. The highest BCUT2D eigenvalue weighted by Gasteiger charge is 2.30. The van der Waals surface area contributed by atoms with Crippen LogP contribution >= 0.6 is 11.8 Å². The molecule has 2 rings (SSSR count). The zero-order chi connectivity index (χ0) is 13.1. The summed E-state index contributed by atoms with van der Waals surface area (Å²) in [6, 6.07) is 5.10. The number of rotatable bonds is 4. The van der Waals surface area contributed by atoms with Gasteiger partial charge in [-0.3, -0.25) is 4.79 Å². The summed E-state index contributed by atoms with van der Waals surface area (Å²) in [5.74, 6) is 0.223. The summed E-state index contributed by atoms with van der Waals surface area (Å²) >= 11 is 1.46. The molecule has 98 valence electrons. The zero-order valence-electron chi connectivity index (χ0n) is 9.87. The molecule has 0 bridgehead atoms. The van der Waals surface area contributed by atoms with Crippen LogP contribution in [-0.4, -0.2) is 41.1 Å². The number of nitrogens with two attached hydrogens (primary N) is 1. The van der Waals surface area contributed by atoms with Gasteiger partial charge in [-0.15, -0.1) is 11.8 Å². The average Bonchev–Trinajstić information content (AvgIpc) is 2.41. The van der Waals surface area contributed by atoms with E-state index in [9.17, 15) is 15.0 Å². The first-order chi connectivity index (χ1) is 8.71. The van der Waals surface area contributed by atoms with E-state index in [4.69, 9.17) is 5.73 Å². The molecule has 0 spiro atoms. The third kappa shape index (κ3) is 2.37. The van der Waals surface area contributed by atoms with Crippen LogP contribution < -0.4 is 10.6 Å². The summed E-state index contributed by atoms with van der Waals surface area (Å²) < 4.78 is 0. The van der Waals surface area contributed by atoms with Crippen molar-refractivity contribution in [1.29, 1.82) is 0 Å². The van der Waals surface area contributed by atoms with Crippen molar-refractivity contribution < 1.29 is 15.0 Å². The summed E-state index contributed by atoms with van der Waals surface area (Å²) in [5, 5.41) is 18.5. The summed E-state index contributed by atoms with van der Waals surface area (Å²) in [4.78, 5) is 14.4. The van der Waals surface area contributed by atoms with Crippen LogP contribution in [0.15, 0.2) is 23.1 Å². The molecule has 0 atom stereocenters. The van der Waals surface area contributed by atoms with Gasteiger partial charge in [-0.05, 0) is 17.7 Å². The van der Waals surface area contributed by atoms with Gasteiger partial charge in [0.05, 0.1) is 30.7 Å². The van der Waals surface area contributed by atoms with Crippen LogP contribution in [-0.2, 0) is 11.3 Å². The van der Waals surface area contributed by atoms with Crippen molar-refractivity contribution in [2.75, 3.05) is 23.9 Å². The van der Waals surface area contributed by atoms with Gasteiger partial charge in [0.2, 0.25) is 5.91 Å². The van der Waals surface area contributed by atoms with Gasteiger partial charge >= 0.3 is 0 Å². The molecule has 0 saturated carbocycles. The van der Waals surface area contributed by atoms with Crippen molar-refractivity contribution >= 4 is 23.4 Å². The Kier molecular flexibility index (Phi) is 4.23. The highest BCUT2D eigenvalue weighted by atomic mass is 32.2. The van der Waals surface area contributed by atoms with E-state index in [0.717, 1.165) is 16.1 Å². The summed E-state index contributed by atoms with van der Waals surface area (Å²) in [6.07, 6.45) is 0. The van der Waals surface area contributed by atoms with Gasteiger partial charge in [-0.25, -0.2) is 0 Å². The highest BCUT2D eigenvalue weighted by Crippen LogP contribution is 2.36. The van der Waals surface area contributed by atoms with Crippen LogP contribution in [0.2, 0.25) is 0 Å². The van der Waals surface area contributed by atoms with E-state index in [1.165, 1.54) is 16.7 Å². The molecule has 6 heteroatoms. The molecule has 4 N–H and O–H groups in total. The highest BCUT2D eigenvalue weighted by molar-refractivity contribution is 8.00. The number of carbonyl (C=O) groups excluding carboxylic acids is 1. The number of carbonyl (C=O) groups is 1. The fraction of sp³-hybridized carbons (Fsp3) is 0.417. The second-order valence-corrected chi connectivity index (χ2v) is 5.09. The fourth-order valence-corrected chi connectivity index (χ4v) is 2.85. The molecule has 5 nitrogen and oxygen atoms in total. The van der Waals surface area contributed by atoms with E-state index in [1.807, 2.05) is 18.2 Å². The number of hydrogen-bond donors (Lipinski definition) is 3. The SMILES string of the molecule is NCc1ccc2c(c1)N(C(CO)CO)C(=O)CS2. The number of aliphatic hydroxyl groups is 2. The summed E-state index contributed by atoms with van der Waals surface area (Å²) in [6.45, 7) is -0.138. The second-order valence-electron chi connectivity index (χ2n) is 4.08. The van der Waals surface area contributed by atoms with E-state index in [0.29, 0.717) is 12.3 Å². The van der Waals surface area contributed by atoms with Gasteiger partial charge in [0.1, 0.15) is 0 Å². The number of anilines is 1. The Balaban J connectivity index is 2.44. The van der Waals surface area contributed by atoms with Gasteiger partial charge < -0.3 is 20.8 Å². The van der Waals surface area contributed by atoms with E-state index in [-0.39, 0.29) is 19.1 Å². The van der Waals surface area contributed by atoms with Crippen molar-refractivity contribution in [3.63, 3.8) is 0 Å². The van der Waals surface area contributed by atoms with E-state index < -0.39 is 6.04 Å². The lowest BCUT2D eigenvalue weighted by Gasteiger charge is -2.34.